The van der Waals surface area contributed by atoms with Crippen LogP contribution in [0.2, 0.25) is 5.02 Å². The van der Waals surface area contributed by atoms with Crippen LogP contribution in [-0.2, 0) is 5.75 Å². The highest BCUT2D eigenvalue weighted by Crippen LogP contribution is 2.29. The summed E-state index contributed by atoms with van der Waals surface area (Å²) in [5.74, 6) is 0.602. The quantitative estimate of drug-likeness (QED) is 0.501. The number of rotatable bonds is 5. The molecule has 1 aromatic heterocycles. The van der Waals surface area contributed by atoms with E-state index in [-0.39, 0.29) is 5.91 Å². The number of nitrogens with one attached hydrogen (secondary N) is 1. The molecule has 4 nitrogen and oxygen atoms in total. The van der Waals surface area contributed by atoms with Gasteiger partial charge in [0.05, 0.1) is 0 Å². The van der Waals surface area contributed by atoms with Crippen LogP contribution in [0.15, 0.2) is 52.9 Å². The minimum Gasteiger partial charge on any atom is -0.296 e. The maximum Gasteiger partial charge on any atom is 0.257 e. The van der Waals surface area contributed by atoms with Crippen molar-refractivity contribution in [1.82, 2.24) is 10.2 Å². The predicted octanol–water partition coefficient (Wildman–Crippen LogP) is 5.04. The fourth-order valence-corrected chi connectivity index (χ4v) is 3.95. The number of carbonyl (C=O) groups is 1. The van der Waals surface area contributed by atoms with E-state index in [4.69, 9.17) is 11.6 Å². The Kier molecular flexibility index (Phi) is 5.50. The van der Waals surface area contributed by atoms with Gasteiger partial charge in [-0.3, -0.25) is 10.1 Å². The van der Waals surface area contributed by atoms with Crippen molar-refractivity contribution >= 4 is 45.7 Å². The molecule has 1 N–H and O–H groups in total. The highest BCUT2D eigenvalue weighted by atomic mass is 35.5. The molecule has 0 unspecified atom stereocenters. The average molecular weight is 376 g/mol. The van der Waals surface area contributed by atoms with Gasteiger partial charge in [-0.1, -0.05) is 59.0 Å². The molecule has 0 saturated carbocycles. The van der Waals surface area contributed by atoms with Gasteiger partial charge in [-0.15, -0.1) is 10.2 Å². The van der Waals surface area contributed by atoms with Crippen LogP contribution in [0.5, 0.6) is 0 Å². The van der Waals surface area contributed by atoms with Crippen molar-refractivity contribution in [3.63, 3.8) is 0 Å². The molecular formula is C17H14ClN3OS2. The second-order valence-corrected chi connectivity index (χ2v) is 7.69. The molecule has 1 heterocycles. The van der Waals surface area contributed by atoms with Crippen LogP contribution in [0.25, 0.3) is 0 Å². The smallest absolute Gasteiger partial charge is 0.257 e. The summed E-state index contributed by atoms with van der Waals surface area (Å²) in [7, 11) is 0. The van der Waals surface area contributed by atoms with E-state index in [2.05, 4.69) is 34.6 Å². The SMILES string of the molecule is Cc1ccccc1CSc1nnc(NC(=O)c2ccc(Cl)cc2)s1. The van der Waals surface area contributed by atoms with Gasteiger partial charge in [-0.05, 0) is 42.3 Å². The maximum absolute atomic E-state index is 12.1. The van der Waals surface area contributed by atoms with Crippen molar-refractivity contribution in [3.8, 4) is 0 Å². The number of halogens is 1. The van der Waals surface area contributed by atoms with E-state index in [0.29, 0.717) is 15.7 Å². The lowest BCUT2D eigenvalue weighted by molar-refractivity contribution is 0.102. The van der Waals surface area contributed by atoms with Gasteiger partial charge in [-0.25, -0.2) is 0 Å². The Labute approximate surface area is 153 Å². The number of nitrogens with zero attached hydrogens (tertiary/aromatic N) is 2. The van der Waals surface area contributed by atoms with E-state index >= 15 is 0 Å². The Balaban J connectivity index is 1.60. The summed E-state index contributed by atoms with van der Waals surface area (Å²) in [5, 5.41) is 12.0. The highest BCUT2D eigenvalue weighted by molar-refractivity contribution is 8.00. The molecule has 2 aromatic carbocycles. The Morgan fingerprint density at radius 2 is 1.92 bits per heavy atom. The molecule has 1 amide bonds. The molecule has 3 aromatic rings. The Morgan fingerprint density at radius 3 is 2.67 bits per heavy atom. The monoisotopic (exact) mass is 375 g/mol. The van der Waals surface area contributed by atoms with E-state index in [0.717, 1.165) is 10.1 Å². The number of aryl methyl sites for hydroxylation is 1. The number of anilines is 1. The van der Waals surface area contributed by atoms with Gasteiger partial charge in [-0.2, -0.15) is 0 Å². The summed E-state index contributed by atoms with van der Waals surface area (Å²) < 4.78 is 0.824. The number of carbonyl (C=O) groups excluding carboxylic acids is 1. The van der Waals surface area contributed by atoms with Gasteiger partial charge in [0.1, 0.15) is 0 Å². The van der Waals surface area contributed by atoms with Gasteiger partial charge in [0.2, 0.25) is 5.13 Å². The largest absolute Gasteiger partial charge is 0.296 e. The molecule has 0 aliphatic carbocycles. The van der Waals surface area contributed by atoms with Crippen molar-refractivity contribution in [2.24, 2.45) is 0 Å². The number of benzene rings is 2. The van der Waals surface area contributed by atoms with E-state index in [1.165, 1.54) is 22.5 Å². The van der Waals surface area contributed by atoms with Crippen LogP contribution in [0.1, 0.15) is 21.5 Å². The summed E-state index contributed by atoms with van der Waals surface area (Å²) in [6.07, 6.45) is 0. The molecule has 0 atom stereocenters. The maximum atomic E-state index is 12.1. The lowest BCUT2D eigenvalue weighted by Gasteiger charge is -2.02. The second-order valence-electron chi connectivity index (χ2n) is 5.05. The first-order valence-corrected chi connectivity index (χ1v) is 9.37. The zero-order chi connectivity index (χ0) is 16.9. The van der Waals surface area contributed by atoms with Crippen LogP contribution in [0, 0.1) is 6.92 Å². The number of hydrogen-bond donors (Lipinski definition) is 1. The van der Waals surface area contributed by atoms with Crippen molar-refractivity contribution in [2.45, 2.75) is 17.0 Å². The van der Waals surface area contributed by atoms with Crippen LogP contribution < -0.4 is 5.32 Å². The molecule has 0 spiro atoms. The Hall–Kier alpha value is -1.89. The molecule has 3 rings (SSSR count). The number of amides is 1. The zero-order valence-corrected chi connectivity index (χ0v) is 15.2. The summed E-state index contributed by atoms with van der Waals surface area (Å²) in [6.45, 7) is 2.09. The third-order valence-electron chi connectivity index (χ3n) is 3.35. The van der Waals surface area contributed by atoms with Crippen molar-refractivity contribution in [2.75, 3.05) is 5.32 Å². The molecule has 7 heteroatoms. The normalized spacial score (nSPS) is 10.6. The van der Waals surface area contributed by atoms with Crippen molar-refractivity contribution in [1.29, 1.82) is 0 Å². The molecule has 0 bridgehead atoms. The lowest BCUT2D eigenvalue weighted by Crippen LogP contribution is -2.11. The predicted molar refractivity (Wildman–Crippen MR) is 100 cm³/mol. The van der Waals surface area contributed by atoms with Crippen molar-refractivity contribution in [3.05, 3.63) is 70.2 Å². The van der Waals surface area contributed by atoms with E-state index in [1.807, 2.05) is 12.1 Å². The first kappa shape index (κ1) is 17.0. The molecule has 0 saturated heterocycles. The molecule has 0 fully saturated rings. The first-order chi connectivity index (χ1) is 11.6. The van der Waals surface area contributed by atoms with Gasteiger partial charge in [0.15, 0.2) is 4.34 Å². The average Bonchev–Trinajstić information content (AvgIpc) is 3.02. The molecular weight excluding hydrogens is 362 g/mol. The minimum absolute atomic E-state index is 0.224. The fourth-order valence-electron chi connectivity index (χ4n) is 2.00. The van der Waals surface area contributed by atoms with Crippen LogP contribution >= 0.6 is 34.7 Å². The van der Waals surface area contributed by atoms with E-state index < -0.39 is 0 Å². The lowest BCUT2D eigenvalue weighted by atomic mass is 10.1. The standard InChI is InChI=1S/C17H14ClN3OS2/c1-11-4-2-3-5-13(11)10-23-17-21-20-16(24-17)19-15(22)12-6-8-14(18)9-7-12/h2-9H,10H2,1H3,(H,19,20,22). The fraction of sp³-hybridized carbons (Fsp3) is 0.118. The van der Waals surface area contributed by atoms with E-state index in [1.54, 1.807) is 36.0 Å². The van der Waals surface area contributed by atoms with Gasteiger partial charge in [0, 0.05) is 16.3 Å². The summed E-state index contributed by atoms with van der Waals surface area (Å²) in [4.78, 5) is 12.1. The highest BCUT2D eigenvalue weighted by Gasteiger charge is 2.11. The molecule has 0 aliphatic rings. The number of aromatic nitrogens is 2. The topological polar surface area (TPSA) is 54.9 Å². The summed E-state index contributed by atoms with van der Waals surface area (Å²) in [5.41, 5.74) is 3.05. The van der Waals surface area contributed by atoms with E-state index in [9.17, 15) is 4.79 Å². The number of hydrogen-bond acceptors (Lipinski definition) is 5. The summed E-state index contributed by atoms with van der Waals surface area (Å²) >= 11 is 8.80. The zero-order valence-electron chi connectivity index (χ0n) is 12.8. The Bertz CT molecular complexity index is 849. The van der Waals surface area contributed by atoms with Crippen molar-refractivity contribution < 1.29 is 4.79 Å². The molecule has 24 heavy (non-hydrogen) atoms. The molecule has 122 valence electrons. The molecule has 0 aliphatic heterocycles. The van der Waals surface area contributed by atoms with Gasteiger partial charge < -0.3 is 0 Å². The first-order valence-electron chi connectivity index (χ1n) is 7.19. The van der Waals surface area contributed by atoms with Crippen LogP contribution in [-0.4, -0.2) is 16.1 Å². The minimum atomic E-state index is -0.224. The van der Waals surface area contributed by atoms with Crippen LogP contribution in [0.3, 0.4) is 0 Å². The van der Waals surface area contributed by atoms with Crippen LogP contribution in [0.4, 0.5) is 5.13 Å². The third-order valence-corrected chi connectivity index (χ3v) is 5.62. The van der Waals surface area contributed by atoms with Gasteiger partial charge >= 0.3 is 0 Å². The summed E-state index contributed by atoms with van der Waals surface area (Å²) in [6, 6.07) is 15.0. The Morgan fingerprint density at radius 1 is 1.17 bits per heavy atom. The third kappa shape index (κ3) is 4.35. The van der Waals surface area contributed by atoms with Gasteiger partial charge in [0.25, 0.3) is 5.91 Å². The number of thioether (sulfide) groups is 1. The molecule has 0 radical (unpaired) electrons. The second kappa shape index (κ2) is 7.79.